The fourth-order valence-corrected chi connectivity index (χ4v) is 2.22. The molecule has 1 amide bonds. The molecule has 0 aliphatic rings. The molecule has 5 nitrogen and oxygen atoms in total. The first-order valence-corrected chi connectivity index (χ1v) is 6.29. The number of phenols is 2. The summed E-state index contributed by atoms with van der Waals surface area (Å²) < 4.78 is 0. The molecule has 0 radical (unpaired) electrons. The van der Waals surface area contributed by atoms with Crippen molar-refractivity contribution in [3.8, 4) is 11.5 Å². The highest BCUT2D eigenvalue weighted by molar-refractivity contribution is 7.13. The van der Waals surface area contributed by atoms with Crippen LogP contribution in [0.5, 0.6) is 11.5 Å². The van der Waals surface area contributed by atoms with Crippen molar-refractivity contribution in [1.29, 1.82) is 0 Å². The Balaban J connectivity index is 2.03. The zero-order valence-electron chi connectivity index (χ0n) is 10.1. The summed E-state index contributed by atoms with van der Waals surface area (Å²) in [6.45, 7) is 1.98. The highest BCUT2D eigenvalue weighted by atomic mass is 32.1. The molecule has 0 atom stereocenters. The van der Waals surface area contributed by atoms with Crippen LogP contribution in [0.1, 0.15) is 20.1 Å². The number of hydrogen-bond acceptors (Lipinski definition) is 5. The number of aryl methyl sites for hydroxylation is 1. The lowest BCUT2D eigenvalue weighted by molar-refractivity contribution is 0.0954. The summed E-state index contributed by atoms with van der Waals surface area (Å²) in [5.41, 5.74) is 2.46. The number of phenolic OH excluding ortho intramolecular Hbond substituents is 2. The van der Waals surface area contributed by atoms with Crippen molar-refractivity contribution in [1.82, 2.24) is 5.43 Å². The minimum atomic E-state index is -0.504. The highest BCUT2D eigenvalue weighted by Crippen LogP contribution is 2.20. The molecular weight excluding hydrogens is 264 g/mol. The first-order valence-electron chi connectivity index (χ1n) is 5.47. The van der Waals surface area contributed by atoms with E-state index in [-0.39, 0.29) is 17.1 Å². The predicted molar refractivity (Wildman–Crippen MR) is 73.9 cm³/mol. The van der Waals surface area contributed by atoms with Crippen molar-refractivity contribution in [2.24, 2.45) is 5.10 Å². The maximum atomic E-state index is 11.7. The van der Waals surface area contributed by atoms with Crippen LogP contribution in [0.15, 0.2) is 35.4 Å². The molecule has 2 rings (SSSR count). The van der Waals surface area contributed by atoms with Crippen LogP contribution in [0, 0.1) is 6.92 Å². The van der Waals surface area contributed by atoms with E-state index in [0.29, 0.717) is 0 Å². The quantitative estimate of drug-likeness (QED) is 0.594. The fraction of sp³-hybridized carbons (Fsp3) is 0.0769. The van der Waals surface area contributed by atoms with Crippen molar-refractivity contribution in [3.63, 3.8) is 0 Å². The molecule has 0 saturated carbocycles. The Morgan fingerprint density at radius 2 is 1.95 bits per heavy atom. The van der Waals surface area contributed by atoms with E-state index in [1.807, 2.05) is 19.1 Å². The Morgan fingerprint density at radius 1 is 1.26 bits per heavy atom. The Labute approximate surface area is 113 Å². The molecule has 19 heavy (non-hydrogen) atoms. The van der Waals surface area contributed by atoms with Gasteiger partial charge in [-0.1, -0.05) is 0 Å². The Morgan fingerprint density at radius 3 is 2.53 bits per heavy atom. The van der Waals surface area contributed by atoms with Crippen LogP contribution in [0.25, 0.3) is 0 Å². The summed E-state index contributed by atoms with van der Waals surface area (Å²) in [6.07, 6.45) is 1.54. The number of hydrogen-bond donors (Lipinski definition) is 3. The smallest absolute Gasteiger partial charge is 0.271 e. The second kappa shape index (κ2) is 5.53. The average Bonchev–Trinajstić information content (AvgIpc) is 2.73. The summed E-state index contributed by atoms with van der Waals surface area (Å²) in [4.78, 5) is 13.8. The monoisotopic (exact) mass is 276 g/mol. The lowest BCUT2D eigenvalue weighted by Gasteiger charge is -2.01. The number of amides is 1. The van der Waals surface area contributed by atoms with E-state index < -0.39 is 5.91 Å². The van der Waals surface area contributed by atoms with Crippen LogP contribution < -0.4 is 5.43 Å². The molecule has 1 aromatic heterocycles. The number of carbonyl (C=O) groups excluding carboxylic acids is 1. The molecule has 3 N–H and O–H groups in total. The molecule has 0 spiro atoms. The number of nitrogens with one attached hydrogen (secondary N) is 1. The average molecular weight is 276 g/mol. The van der Waals surface area contributed by atoms with Crippen molar-refractivity contribution in [2.45, 2.75) is 6.92 Å². The molecule has 1 aromatic carbocycles. The van der Waals surface area contributed by atoms with Gasteiger partial charge in [-0.05, 0) is 31.2 Å². The number of thiophene rings is 1. The van der Waals surface area contributed by atoms with E-state index in [1.165, 1.54) is 18.3 Å². The number of benzene rings is 1. The van der Waals surface area contributed by atoms with E-state index in [4.69, 9.17) is 0 Å². The van der Waals surface area contributed by atoms with Crippen molar-refractivity contribution >= 4 is 23.5 Å². The summed E-state index contributed by atoms with van der Waals surface area (Å²) in [7, 11) is 0. The van der Waals surface area contributed by atoms with Crippen LogP contribution >= 0.6 is 11.3 Å². The first kappa shape index (κ1) is 13.1. The first-order chi connectivity index (χ1) is 9.04. The molecule has 0 aliphatic carbocycles. The zero-order valence-corrected chi connectivity index (χ0v) is 10.9. The molecule has 0 aliphatic heterocycles. The molecule has 0 bridgehead atoms. The topological polar surface area (TPSA) is 81.9 Å². The molecular formula is C13H12N2O3S. The van der Waals surface area contributed by atoms with E-state index in [9.17, 15) is 15.0 Å². The molecule has 0 fully saturated rings. The number of aromatic hydroxyl groups is 2. The van der Waals surface area contributed by atoms with Crippen LogP contribution in [-0.4, -0.2) is 22.3 Å². The van der Waals surface area contributed by atoms with Gasteiger partial charge in [0.05, 0.1) is 6.21 Å². The van der Waals surface area contributed by atoms with Crippen LogP contribution in [-0.2, 0) is 0 Å². The summed E-state index contributed by atoms with van der Waals surface area (Å²) in [6, 6.07) is 7.51. The van der Waals surface area contributed by atoms with Gasteiger partial charge in [-0.2, -0.15) is 5.10 Å². The summed E-state index contributed by atoms with van der Waals surface area (Å²) >= 11 is 1.56. The SMILES string of the molecule is Cc1ccc(/C=N\NC(=O)c2cc(O)cc(O)c2)s1. The number of hydrazone groups is 1. The third-order valence-electron chi connectivity index (χ3n) is 2.28. The molecule has 98 valence electrons. The number of nitrogens with zero attached hydrogens (tertiary/aromatic N) is 1. The standard InChI is InChI=1S/C13H12N2O3S/c1-8-2-3-12(19-8)7-14-15-13(18)9-4-10(16)6-11(17)5-9/h2-7,16-17H,1H3,(H,15,18)/b14-7-. The van der Waals surface area contributed by atoms with Gasteiger partial charge < -0.3 is 10.2 Å². The van der Waals surface area contributed by atoms with Gasteiger partial charge in [-0.3, -0.25) is 4.79 Å². The van der Waals surface area contributed by atoms with Gasteiger partial charge in [-0.15, -0.1) is 11.3 Å². The maximum absolute atomic E-state index is 11.7. The highest BCUT2D eigenvalue weighted by Gasteiger charge is 2.07. The van der Waals surface area contributed by atoms with Crippen LogP contribution in [0.4, 0.5) is 0 Å². The van der Waals surface area contributed by atoms with Gasteiger partial charge in [0.1, 0.15) is 11.5 Å². The van der Waals surface area contributed by atoms with Crippen molar-refractivity contribution < 1.29 is 15.0 Å². The van der Waals surface area contributed by atoms with E-state index >= 15 is 0 Å². The van der Waals surface area contributed by atoms with E-state index in [2.05, 4.69) is 10.5 Å². The van der Waals surface area contributed by atoms with Crippen molar-refractivity contribution in [3.05, 3.63) is 45.6 Å². The lowest BCUT2D eigenvalue weighted by Crippen LogP contribution is -2.17. The van der Waals surface area contributed by atoms with E-state index in [1.54, 1.807) is 11.3 Å². The molecule has 2 aromatic rings. The van der Waals surface area contributed by atoms with E-state index in [0.717, 1.165) is 15.8 Å². The Kier molecular flexibility index (Phi) is 3.82. The normalized spacial score (nSPS) is 10.8. The third kappa shape index (κ3) is 3.56. The Hall–Kier alpha value is -2.34. The van der Waals surface area contributed by atoms with Gasteiger partial charge in [0.2, 0.25) is 0 Å². The molecule has 6 heteroatoms. The Bertz CT molecular complexity index is 614. The van der Waals surface area contributed by atoms with Gasteiger partial charge in [0, 0.05) is 21.4 Å². The minimum Gasteiger partial charge on any atom is -0.508 e. The maximum Gasteiger partial charge on any atom is 0.271 e. The summed E-state index contributed by atoms with van der Waals surface area (Å²) in [5.74, 6) is -0.859. The lowest BCUT2D eigenvalue weighted by atomic mass is 10.2. The predicted octanol–water partition coefficient (Wildman–Crippen LogP) is 2.23. The number of carbonyl (C=O) groups is 1. The molecule has 0 unspecified atom stereocenters. The van der Waals surface area contributed by atoms with Gasteiger partial charge in [0.15, 0.2) is 0 Å². The third-order valence-corrected chi connectivity index (χ3v) is 3.22. The second-order valence-electron chi connectivity index (χ2n) is 3.89. The molecule has 1 heterocycles. The van der Waals surface area contributed by atoms with Gasteiger partial charge in [0.25, 0.3) is 5.91 Å². The minimum absolute atomic E-state index is 0.136. The fourth-order valence-electron chi connectivity index (χ4n) is 1.47. The molecule has 0 saturated heterocycles. The van der Waals surface area contributed by atoms with Crippen LogP contribution in [0.3, 0.4) is 0 Å². The number of rotatable bonds is 3. The zero-order chi connectivity index (χ0) is 13.8. The van der Waals surface area contributed by atoms with Crippen LogP contribution in [0.2, 0.25) is 0 Å². The summed E-state index contributed by atoms with van der Waals surface area (Å²) in [5, 5.41) is 22.4. The second-order valence-corrected chi connectivity index (χ2v) is 5.21. The largest absolute Gasteiger partial charge is 0.508 e. The van der Waals surface area contributed by atoms with Gasteiger partial charge in [-0.25, -0.2) is 5.43 Å². The van der Waals surface area contributed by atoms with Gasteiger partial charge >= 0.3 is 0 Å². The van der Waals surface area contributed by atoms with Crippen molar-refractivity contribution in [2.75, 3.05) is 0 Å².